The van der Waals surface area contributed by atoms with Crippen LogP contribution in [0.4, 0.5) is 0 Å². The van der Waals surface area contributed by atoms with Crippen LogP contribution in [-0.4, -0.2) is 17.6 Å². The first-order valence-corrected chi connectivity index (χ1v) is 7.49. The molecule has 0 spiro atoms. The molecule has 98 valence electrons. The Kier molecular flexibility index (Phi) is 3.64. The summed E-state index contributed by atoms with van der Waals surface area (Å²) in [6, 6.07) is 5.29. The molecular formula is C16H24N2. The van der Waals surface area contributed by atoms with E-state index in [2.05, 4.69) is 35.6 Å². The molecule has 2 atom stereocenters. The molecule has 0 radical (unpaired) electrons. The fourth-order valence-corrected chi connectivity index (χ4v) is 3.19. The molecule has 0 amide bonds. The van der Waals surface area contributed by atoms with Crippen LogP contribution >= 0.6 is 0 Å². The normalized spacial score (nSPS) is 28.3. The van der Waals surface area contributed by atoms with Crippen molar-refractivity contribution in [1.29, 1.82) is 0 Å². The van der Waals surface area contributed by atoms with E-state index in [-0.39, 0.29) is 0 Å². The number of aryl methyl sites for hydroxylation is 1. The summed E-state index contributed by atoms with van der Waals surface area (Å²) in [4.78, 5) is 4.48. The van der Waals surface area contributed by atoms with E-state index >= 15 is 0 Å². The third-order valence-electron chi connectivity index (χ3n) is 4.52. The number of aromatic nitrogens is 1. The number of nitrogens with one attached hydrogen (secondary N) is 1. The molecule has 0 aromatic carbocycles. The molecule has 2 fully saturated rings. The van der Waals surface area contributed by atoms with Crippen molar-refractivity contribution in [3.63, 3.8) is 0 Å². The SMILES string of the molecule is Cc1ccc(C2CCCCC2CNC2CC2)cn1. The van der Waals surface area contributed by atoms with Gasteiger partial charge in [-0.3, -0.25) is 4.98 Å². The summed E-state index contributed by atoms with van der Waals surface area (Å²) >= 11 is 0. The monoisotopic (exact) mass is 244 g/mol. The second-order valence-electron chi connectivity index (χ2n) is 6.07. The van der Waals surface area contributed by atoms with E-state index in [0.29, 0.717) is 0 Å². The van der Waals surface area contributed by atoms with Gasteiger partial charge in [0.25, 0.3) is 0 Å². The number of hydrogen-bond acceptors (Lipinski definition) is 2. The maximum Gasteiger partial charge on any atom is 0.0372 e. The Morgan fingerprint density at radius 3 is 2.72 bits per heavy atom. The molecule has 1 aromatic heterocycles. The zero-order chi connectivity index (χ0) is 12.4. The minimum absolute atomic E-state index is 0.734. The first-order valence-electron chi connectivity index (χ1n) is 7.49. The standard InChI is InChI=1S/C16H24N2/c1-12-6-7-14(10-17-12)16-5-3-2-4-13(16)11-18-15-8-9-15/h6-7,10,13,15-16,18H,2-5,8-9,11H2,1H3. The lowest BCUT2D eigenvalue weighted by atomic mass is 9.76. The van der Waals surface area contributed by atoms with Crippen molar-refractivity contribution in [3.05, 3.63) is 29.6 Å². The van der Waals surface area contributed by atoms with Gasteiger partial charge in [-0.15, -0.1) is 0 Å². The van der Waals surface area contributed by atoms with Crippen LogP contribution in [-0.2, 0) is 0 Å². The molecular weight excluding hydrogens is 220 g/mol. The quantitative estimate of drug-likeness (QED) is 0.878. The van der Waals surface area contributed by atoms with Gasteiger partial charge >= 0.3 is 0 Å². The molecule has 0 saturated heterocycles. The van der Waals surface area contributed by atoms with Gasteiger partial charge < -0.3 is 5.32 Å². The molecule has 2 unspecified atom stereocenters. The number of pyridine rings is 1. The van der Waals surface area contributed by atoms with Crippen LogP contribution in [0.25, 0.3) is 0 Å². The minimum atomic E-state index is 0.734. The Morgan fingerprint density at radius 1 is 1.17 bits per heavy atom. The third-order valence-corrected chi connectivity index (χ3v) is 4.52. The molecule has 2 saturated carbocycles. The Bertz CT molecular complexity index is 381. The van der Waals surface area contributed by atoms with Crippen LogP contribution in [0.5, 0.6) is 0 Å². The molecule has 1 aromatic rings. The summed E-state index contributed by atoms with van der Waals surface area (Å²) in [5, 5.41) is 3.72. The van der Waals surface area contributed by atoms with Gasteiger partial charge in [-0.25, -0.2) is 0 Å². The lowest BCUT2D eigenvalue weighted by molar-refractivity contribution is 0.294. The maximum atomic E-state index is 4.48. The van der Waals surface area contributed by atoms with Gasteiger partial charge in [0.15, 0.2) is 0 Å². The highest BCUT2D eigenvalue weighted by atomic mass is 14.9. The molecule has 2 heteroatoms. The highest BCUT2D eigenvalue weighted by molar-refractivity contribution is 5.19. The van der Waals surface area contributed by atoms with Gasteiger partial charge in [-0.1, -0.05) is 18.9 Å². The van der Waals surface area contributed by atoms with E-state index in [1.54, 1.807) is 0 Å². The summed E-state index contributed by atoms with van der Waals surface area (Å²) in [6.07, 6.45) is 10.4. The summed E-state index contributed by atoms with van der Waals surface area (Å²) < 4.78 is 0. The summed E-state index contributed by atoms with van der Waals surface area (Å²) in [5.41, 5.74) is 2.59. The topological polar surface area (TPSA) is 24.9 Å². The molecule has 2 aliphatic carbocycles. The number of hydrogen-bond donors (Lipinski definition) is 1. The largest absolute Gasteiger partial charge is 0.314 e. The van der Waals surface area contributed by atoms with Crippen molar-refractivity contribution < 1.29 is 0 Å². The van der Waals surface area contributed by atoms with Crippen LogP contribution in [0.1, 0.15) is 55.7 Å². The van der Waals surface area contributed by atoms with Crippen molar-refractivity contribution >= 4 is 0 Å². The predicted octanol–water partition coefficient (Wildman–Crippen LogP) is 3.42. The van der Waals surface area contributed by atoms with Crippen LogP contribution in [0.3, 0.4) is 0 Å². The Morgan fingerprint density at radius 2 is 2.00 bits per heavy atom. The van der Waals surface area contributed by atoms with Gasteiger partial charge in [0.2, 0.25) is 0 Å². The van der Waals surface area contributed by atoms with E-state index in [1.807, 2.05) is 0 Å². The number of nitrogens with zero attached hydrogens (tertiary/aromatic N) is 1. The Labute approximate surface area is 110 Å². The highest BCUT2D eigenvalue weighted by Gasteiger charge is 2.29. The third kappa shape index (κ3) is 2.92. The molecule has 2 aliphatic rings. The molecule has 1 N–H and O–H groups in total. The van der Waals surface area contributed by atoms with E-state index in [0.717, 1.165) is 23.6 Å². The summed E-state index contributed by atoms with van der Waals surface area (Å²) in [5.74, 6) is 1.56. The van der Waals surface area contributed by atoms with Crippen LogP contribution in [0, 0.1) is 12.8 Å². The van der Waals surface area contributed by atoms with E-state index in [9.17, 15) is 0 Å². The second kappa shape index (κ2) is 5.40. The maximum absolute atomic E-state index is 4.48. The molecule has 0 bridgehead atoms. The lowest BCUT2D eigenvalue weighted by Gasteiger charge is -2.32. The number of rotatable bonds is 4. The fraction of sp³-hybridized carbons (Fsp3) is 0.688. The van der Waals surface area contributed by atoms with Crippen molar-refractivity contribution in [2.45, 2.75) is 57.4 Å². The predicted molar refractivity (Wildman–Crippen MR) is 74.7 cm³/mol. The zero-order valence-electron chi connectivity index (χ0n) is 11.4. The fourth-order valence-electron chi connectivity index (χ4n) is 3.19. The minimum Gasteiger partial charge on any atom is -0.314 e. The molecule has 1 heterocycles. The molecule has 2 nitrogen and oxygen atoms in total. The van der Waals surface area contributed by atoms with Crippen molar-refractivity contribution in [2.75, 3.05) is 6.54 Å². The Hall–Kier alpha value is -0.890. The van der Waals surface area contributed by atoms with Crippen molar-refractivity contribution in [1.82, 2.24) is 10.3 Å². The average molecular weight is 244 g/mol. The van der Waals surface area contributed by atoms with E-state index in [1.165, 1.54) is 50.6 Å². The van der Waals surface area contributed by atoms with Gasteiger partial charge in [0, 0.05) is 17.9 Å². The van der Waals surface area contributed by atoms with Crippen LogP contribution < -0.4 is 5.32 Å². The summed E-state index contributed by atoms with van der Waals surface area (Å²) in [6.45, 7) is 3.28. The van der Waals surface area contributed by atoms with Gasteiger partial charge in [0.05, 0.1) is 0 Å². The zero-order valence-corrected chi connectivity index (χ0v) is 11.4. The first-order chi connectivity index (χ1) is 8.83. The van der Waals surface area contributed by atoms with Gasteiger partial charge in [-0.05, 0) is 62.6 Å². The lowest BCUT2D eigenvalue weighted by Crippen LogP contribution is -2.30. The summed E-state index contributed by atoms with van der Waals surface area (Å²) in [7, 11) is 0. The van der Waals surface area contributed by atoms with Crippen molar-refractivity contribution in [2.24, 2.45) is 5.92 Å². The smallest absolute Gasteiger partial charge is 0.0372 e. The van der Waals surface area contributed by atoms with Gasteiger partial charge in [0.1, 0.15) is 0 Å². The highest BCUT2D eigenvalue weighted by Crippen LogP contribution is 2.37. The van der Waals surface area contributed by atoms with Crippen LogP contribution in [0.2, 0.25) is 0 Å². The molecule has 18 heavy (non-hydrogen) atoms. The van der Waals surface area contributed by atoms with E-state index < -0.39 is 0 Å². The molecule has 3 rings (SSSR count). The van der Waals surface area contributed by atoms with Gasteiger partial charge in [-0.2, -0.15) is 0 Å². The average Bonchev–Trinajstić information content (AvgIpc) is 3.22. The van der Waals surface area contributed by atoms with Crippen molar-refractivity contribution in [3.8, 4) is 0 Å². The molecule has 0 aliphatic heterocycles. The Balaban J connectivity index is 1.67. The first kappa shape index (κ1) is 12.2. The van der Waals surface area contributed by atoms with Crippen LogP contribution in [0.15, 0.2) is 18.3 Å². The second-order valence-corrected chi connectivity index (χ2v) is 6.07. The van der Waals surface area contributed by atoms with E-state index in [4.69, 9.17) is 0 Å².